The molecule has 0 aliphatic heterocycles. The molecular weight excluding hydrogens is 232 g/mol. The van der Waals surface area contributed by atoms with E-state index < -0.39 is 0 Å². The van der Waals surface area contributed by atoms with Crippen molar-refractivity contribution in [3.8, 4) is 0 Å². The number of aryl methyl sites for hydroxylation is 2. The first-order valence-corrected chi connectivity index (χ1v) is 7.51. The van der Waals surface area contributed by atoms with E-state index in [0.717, 1.165) is 23.8 Å². The Kier molecular flexibility index (Phi) is 4.07. The van der Waals surface area contributed by atoms with Crippen LogP contribution in [0.5, 0.6) is 0 Å². The summed E-state index contributed by atoms with van der Waals surface area (Å²) in [4.78, 5) is 0. The zero-order valence-electron chi connectivity index (χ0n) is 12.8. The SMILES string of the molecule is Cc1cc(N)c(NCC(C)(C)C2CCCC2)cc1C. The van der Waals surface area contributed by atoms with Gasteiger partial charge in [-0.25, -0.2) is 0 Å². The summed E-state index contributed by atoms with van der Waals surface area (Å²) in [5.74, 6) is 0.854. The van der Waals surface area contributed by atoms with Crippen LogP contribution in [0, 0.1) is 25.2 Å². The van der Waals surface area contributed by atoms with Crippen LogP contribution in [0.15, 0.2) is 12.1 Å². The van der Waals surface area contributed by atoms with Crippen molar-refractivity contribution in [2.45, 2.75) is 53.4 Å². The molecule has 0 atom stereocenters. The van der Waals surface area contributed by atoms with E-state index in [1.807, 2.05) is 0 Å². The van der Waals surface area contributed by atoms with Gasteiger partial charge in [-0.3, -0.25) is 0 Å². The molecule has 2 heteroatoms. The molecule has 2 rings (SSSR count). The lowest BCUT2D eigenvalue weighted by molar-refractivity contribution is 0.234. The summed E-state index contributed by atoms with van der Waals surface area (Å²) < 4.78 is 0. The van der Waals surface area contributed by atoms with E-state index >= 15 is 0 Å². The van der Waals surface area contributed by atoms with Gasteiger partial charge >= 0.3 is 0 Å². The molecule has 0 aromatic heterocycles. The molecule has 1 aromatic carbocycles. The van der Waals surface area contributed by atoms with Crippen LogP contribution in [0.4, 0.5) is 11.4 Å². The highest BCUT2D eigenvalue weighted by atomic mass is 14.9. The number of hydrogen-bond acceptors (Lipinski definition) is 2. The maximum absolute atomic E-state index is 6.11. The molecule has 1 aromatic rings. The lowest BCUT2D eigenvalue weighted by Crippen LogP contribution is -2.30. The number of nitrogens with one attached hydrogen (secondary N) is 1. The summed E-state index contributed by atoms with van der Waals surface area (Å²) in [6.45, 7) is 10.0. The number of nitrogen functional groups attached to an aromatic ring is 1. The monoisotopic (exact) mass is 260 g/mol. The molecule has 0 amide bonds. The van der Waals surface area contributed by atoms with Gasteiger partial charge < -0.3 is 11.1 Å². The second-order valence-corrected chi connectivity index (χ2v) is 6.85. The Labute approximate surface area is 117 Å². The molecule has 0 bridgehead atoms. The molecule has 0 heterocycles. The highest BCUT2D eigenvalue weighted by molar-refractivity contribution is 5.68. The average molecular weight is 260 g/mol. The zero-order valence-corrected chi connectivity index (χ0v) is 12.8. The van der Waals surface area contributed by atoms with Crippen molar-refractivity contribution in [1.82, 2.24) is 0 Å². The Hall–Kier alpha value is -1.18. The molecule has 0 unspecified atom stereocenters. The molecule has 0 radical (unpaired) electrons. The molecule has 0 saturated heterocycles. The van der Waals surface area contributed by atoms with Gasteiger partial charge in [0.05, 0.1) is 11.4 Å². The van der Waals surface area contributed by atoms with E-state index in [4.69, 9.17) is 5.73 Å². The third-order valence-electron chi connectivity index (χ3n) is 4.86. The largest absolute Gasteiger partial charge is 0.397 e. The molecule has 3 N–H and O–H groups in total. The minimum atomic E-state index is 0.349. The van der Waals surface area contributed by atoms with E-state index in [2.05, 4.69) is 45.1 Å². The van der Waals surface area contributed by atoms with Crippen molar-refractivity contribution in [2.24, 2.45) is 11.3 Å². The van der Waals surface area contributed by atoms with Crippen LogP contribution in [0.2, 0.25) is 0 Å². The van der Waals surface area contributed by atoms with Gasteiger partial charge in [-0.1, -0.05) is 26.7 Å². The number of rotatable bonds is 4. The number of hydrogen-bond donors (Lipinski definition) is 2. The van der Waals surface area contributed by atoms with E-state index in [0.29, 0.717) is 5.41 Å². The maximum atomic E-state index is 6.11. The maximum Gasteiger partial charge on any atom is 0.0576 e. The Morgan fingerprint density at radius 2 is 1.74 bits per heavy atom. The van der Waals surface area contributed by atoms with Crippen molar-refractivity contribution in [3.63, 3.8) is 0 Å². The third kappa shape index (κ3) is 3.23. The minimum absolute atomic E-state index is 0.349. The molecule has 106 valence electrons. The number of nitrogens with two attached hydrogens (primary N) is 1. The average Bonchev–Trinajstić information content (AvgIpc) is 2.86. The normalized spacial score (nSPS) is 16.8. The van der Waals surface area contributed by atoms with Crippen molar-refractivity contribution >= 4 is 11.4 Å². The van der Waals surface area contributed by atoms with Crippen molar-refractivity contribution < 1.29 is 0 Å². The van der Waals surface area contributed by atoms with Crippen LogP contribution < -0.4 is 11.1 Å². The molecular formula is C17H28N2. The lowest BCUT2D eigenvalue weighted by atomic mass is 9.77. The predicted molar refractivity (Wildman–Crippen MR) is 84.6 cm³/mol. The summed E-state index contributed by atoms with van der Waals surface area (Å²) in [7, 11) is 0. The van der Waals surface area contributed by atoms with Crippen LogP contribution in [-0.4, -0.2) is 6.54 Å². The fraction of sp³-hybridized carbons (Fsp3) is 0.647. The van der Waals surface area contributed by atoms with Crippen molar-refractivity contribution in [1.29, 1.82) is 0 Å². The lowest BCUT2D eigenvalue weighted by Gasteiger charge is -2.32. The number of anilines is 2. The van der Waals surface area contributed by atoms with Gasteiger partial charge in [-0.2, -0.15) is 0 Å². The first-order valence-electron chi connectivity index (χ1n) is 7.51. The fourth-order valence-corrected chi connectivity index (χ4v) is 3.17. The van der Waals surface area contributed by atoms with Gasteiger partial charge in [0.1, 0.15) is 0 Å². The van der Waals surface area contributed by atoms with E-state index in [1.165, 1.54) is 36.8 Å². The Morgan fingerprint density at radius 1 is 1.16 bits per heavy atom. The van der Waals surface area contributed by atoms with Gasteiger partial charge in [0.2, 0.25) is 0 Å². The van der Waals surface area contributed by atoms with Crippen LogP contribution in [0.1, 0.15) is 50.7 Å². The molecule has 1 saturated carbocycles. The first kappa shape index (κ1) is 14.2. The Bertz CT molecular complexity index is 443. The van der Waals surface area contributed by atoms with E-state index in [1.54, 1.807) is 0 Å². The minimum Gasteiger partial charge on any atom is -0.397 e. The summed E-state index contributed by atoms with van der Waals surface area (Å²) >= 11 is 0. The summed E-state index contributed by atoms with van der Waals surface area (Å²) in [6, 6.07) is 4.25. The smallest absolute Gasteiger partial charge is 0.0576 e. The molecule has 1 aliphatic carbocycles. The van der Waals surface area contributed by atoms with E-state index in [9.17, 15) is 0 Å². The third-order valence-corrected chi connectivity index (χ3v) is 4.86. The van der Waals surface area contributed by atoms with Gasteiger partial charge in [0.15, 0.2) is 0 Å². The Morgan fingerprint density at radius 3 is 2.37 bits per heavy atom. The molecule has 1 fully saturated rings. The van der Waals surface area contributed by atoms with Crippen molar-refractivity contribution in [2.75, 3.05) is 17.6 Å². The highest BCUT2D eigenvalue weighted by Gasteiger charge is 2.31. The quantitative estimate of drug-likeness (QED) is 0.781. The van der Waals surface area contributed by atoms with Crippen molar-refractivity contribution in [3.05, 3.63) is 23.3 Å². The topological polar surface area (TPSA) is 38.0 Å². The molecule has 1 aliphatic rings. The summed E-state index contributed by atoms with van der Waals surface area (Å²) in [6.07, 6.45) is 5.58. The predicted octanol–water partition coefficient (Wildman–Crippen LogP) is 4.51. The van der Waals surface area contributed by atoms with Gasteiger partial charge in [-0.05, 0) is 61.3 Å². The second kappa shape index (κ2) is 5.44. The van der Waals surface area contributed by atoms with Crippen LogP contribution in [0.25, 0.3) is 0 Å². The van der Waals surface area contributed by atoms with Gasteiger partial charge in [0.25, 0.3) is 0 Å². The first-order chi connectivity index (χ1) is 8.90. The van der Waals surface area contributed by atoms with Crippen LogP contribution in [0.3, 0.4) is 0 Å². The molecule has 19 heavy (non-hydrogen) atoms. The second-order valence-electron chi connectivity index (χ2n) is 6.85. The molecule has 2 nitrogen and oxygen atoms in total. The van der Waals surface area contributed by atoms with Crippen LogP contribution >= 0.6 is 0 Å². The zero-order chi connectivity index (χ0) is 14.0. The molecule has 0 spiro atoms. The highest BCUT2D eigenvalue weighted by Crippen LogP contribution is 2.39. The van der Waals surface area contributed by atoms with Crippen LogP contribution in [-0.2, 0) is 0 Å². The summed E-state index contributed by atoms with van der Waals surface area (Å²) in [5.41, 5.74) is 11.0. The fourth-order valence-electron chi connectivity index (χ4n) is 3.17. The van der Waals surface area contributed by atoms with E-state index in [-0.39, 0.29) is 0 Å². The number of benzene rings is 1. The van der Waals surface area contributed by atoms with Gasteiger partial charge in [-0.15, -0.1) is 0 Å². The summed E-state index contributed by atoms with van der Waals surface area (Å²) in [5, 5.41) is 3.57. The Balaban J connectivity index is 2.03. The standard InChI is InChI=1S/C17H28N2/c1-12-9-15(18)16(10-13(12)2)19-11-17(3,4)14-7-5-6-8-14/h9-10,14,19H,5-8,11,18H2,1-4H3. The van der Waals surface area contributed by atoms with Gasteiger partial charge in [0, 0.05) is 6.54 Å².